The van der Waals surface area contributed by atoms with Crippen LogP contribution in [0.15, 0.2) is 78.9 Å². The molecule has 3 heteroatoms. The number of rotatable bonds is 2. The standard InChI is InChI=1S/C20H16ClN2/c21-19-13-7-8-16-14-22(17-9-3-1-4-10-17)15-23(20(16)19)18-11-5-2-6-12-18/h1-14H,15H2/q+1. The molecule has 0 bridgehead atoms. The second kappa shape index (κ2) is 5.90. The fourth-order valence-electron chi connectivity index (χ4n) is 2.95. The van der Waals surface area contributed by atoms with Crippen molar-refractivity contribution in [3.63, 3.8) is 0 Å². The Morgan fingerprint density at radius 2 is 1.48 bits per heavy atom. The maximum absolute atomic E-state index is 6.50. The molecule has 4 rings (SSSR count). The van der Waals surface area contributed by atoms with E-state index in [1.54, 1.807) is 0 Å². The molecule has 0 fully saturated rings. The van der Waals surface area contributed by atoms with E-state index in [4.69, 9.17) is 11.6 Å². The summed E-state index contributed by atoms with van der Waals surface area (Å²) in [6, 6.07) is 26.8. The van der Waals surface area contributed by atoms with E-state index in [0.717, 1.165) is 28.6 Å². The highest BCUT2D eigenvalue weighted by molar-refractivity contribution is 6.34. The van der Waals surface area contributed by atoms with Crippen molar-refractivity contribution in [3.8, 4) is 0 Å². The summed E-state index contributed by atoms with van der Waals surface area (Å²) >= 11 is 6.50. The predicted molar refractivity (Wildman–Crippen MR) is 96.4 cm³/mol. The zero-order chi connectivity index (χ0) is 15.6. The number of hydrogen-bond acceptors (Lipinski definition) is 1. The van der Waals surface area contributed by atoms with Gasteiger partial charge in [-0.3, -0.25) is 4.90 Å². The van der Waals surface area contributed by atoms with Gasteiger partial charge in [-0.05, 0) is 24.3 Å². The highest BCUT2D eigenvalue weighted by Gasteiger charge is 2.27. The molecule has 2 nitrogen and oxygen atoms in total. The third-order valence-corrected chi connectivity index (χ3v) is 4.34. The van der Waals surface area contributed by atoms with Gasteiger partial charge in [-0.25, -0.2) is 0 Å². The number of para-hydroxylation sites is 3. The second-order valence-electron chi connectivity index (χ2n) is 5.52. The van der Waals surface area contributed by atoms with Crippen LogP contribution in [0.2, 0.25) is 5.02 Å². The lowest BCUT2D eigenvalue weighted by atomic mass is 10.1. The van der Waals surface area contributed by atoms with Crippen molar-refractivity contribution in [2.45, 2.75) is 0 Å². The number of hydrogen-bond donors (Lipinski definition) is 0. The average Bonchev–Trinajstić information content (AvgIpc) is 2.62. The van der Waals surface area contributed by atoms with Crippen LogP contribution in [0.5, 0.6) is 0 Å². The van der Waals surface area contributed by atoms with Crippen LogP contribution in [0.3, 0.4) is 0 Å². The summed E-state index contributed by atoms with van der Waals surface area (Å²) in [5, 5.41) is 0.773. The first kappa shape index (κ1) is 14.0. The van der Waals surface area contributed by atoms with Gasteiger partial charge in [0.05, 0.1) is 16.3 Å². The van der Waals surface area contributed by atoms with Crippen molar-refractivity contribution >= 4 is 34.9 Å². The van der Waals surface area contributed by atoms with Gasteiger partial charge in [-0.1, -0.05) is 54.1 Å². The Kier molecular flexibility index (Phi) is 3.60. The normalized spacial score (nSPS) is 13.4. The molecule has 1 aliphatic heterocycles. The van der Waals surface area contributed by atoms with Gasteiger partial charge in [0.2, 0.25) is 12.4 Å². The highest BCUT2D eigenvalue weighted by Crippen LogP contribution is 2.37. The summed E-state index contributed by atoms with van der Waals surface area (Å²) in [4.78, 5) is 2.25. The van der Waals surface area contributed by atoms with Gasteiger partial charge in [0.1, 0.15) is 0 Å². The SMILES string of the molecule is Clc1cccc2c1N(c1ccccc1)C[N+](c1ccccc1)=C2. The van der Waals surface area contributed by atoms with E-state index < -0.39 is 0 Å². The van der Waals surface area contributed by atoms with Crippen LogP contribution < -0.4 is 4.90 Å². The van der Waals surface area contributed by atoms with Gasteiger partial charge in [0.15, 0.2) is 6.21 Å². The summed E-state index contributed by atoms with van der Waals surface area (Å²) in [6.45, 7) is 0.727. The molecule has 0 unspecified atom stereocenters. The molecule has 0 amide bonds. The first-order valence-electron chi connectivity index (χ1n) is 7.60. The summed E-state index contributed by atoms with van der Waals surface area (Å²) in [6.07, 6.45) is 2.16. The maximum atomic E-state index is 6.50. The Balaban J connectivity index is 1.88. The van der Waals surface area contributed by atoms with Crippen molar-refractivity contribution < 1.29 is 4.58 Å². The van der Waals surface area contributed by atoms with Crippen molar-refractivity contribution in [2.75, 3.05) is 11.6 Å². The molecular weight excluding hydrogens is 304 g/mol. The minimum absolute atomic E-state index is 0.727. The number of benzene rings is 3. The lowest BCUT2D eigenvalue weighted by Crippen LogP contribution is -2.32. The van der Waals surface area contributed by atoms with Gasteiger partial charge in [0.25, 0.3) is 0 Å². The maximum Gasteiger partial charge on any atom is 0.228 e. The summed E-state index contributed by atoms with van der Waals surface area (Å²) in [5.74, 6) is 0. The molecule has 0 aromatic heterocycles. The van der Waals surface area contributed by atoms with Crippen molar-refractivity contribution in [2.24, 2.45) is 0 Å². The van der Waals surface area contributed by atoms with Crippen LogP contribution in [0.1, 0.15) is 5.56 Å². The molecule has 3 aromatic carbocycles. The number of nitrogens with zero attached hydrogens (tertiary/aromatic N) is 2. The zero-order valence-electron chi connectivity index (χ0n) is 12.6. The van der Waals surface area contributed by atoms with Crippen molar-refractivity contribution in [3.05, 3.63) is 89.4 Å². The van der Waals surface area contributed by atoms with Crippen LogP contribution in [0.4, 0.5) is 17.1 Å². The van der Waals surface area contributed by atoms with E-state index in [-0.39, 0.29) is 0 Å². The smallest absolute Gasteiger partial charge is 0.228 e. The molecule has 23 heavy (non-hydrogen) atoms. The monoisotopic (exact) mass is 319 g/mol. The van der Waals surface area contributed by atoms with E-state index >= 15 is 0 Å². The number of halogens is 1. The molecule has 0 saturated heterocycles. The Hall–Kier alpha value is -2.58. The molecule has 1 aliphatic rings. The third-order valence-electron chi connectivity index (χ3n) is 4.03. The van der Waals surface area contributed by atoms with Crippen LogP contribution in [-0.2, 0) is 0 Å². The molecule has 1 heterocycles. The van der Waals surface area contributed by atoms with Crippen LogP contribution in [-0.4, -0.2) is 17.5 Å². The van der Waals surface area contributed by atoms with Gasteiger partial charge in [-0.2, -0.15) is 4.58 Å². The Morgan fingerprint density at radius 3 is 2.22 bits per heavy atom. The largest absolute Gasteiger partial charge is 0.283 e. The molecule has 112 valence electrons. The fraction of sp³-hybridized carbons (Fsp3) is 0.0500. The minimum Gasteiger partial charge on any atom is -0.283 e. The molecule has 0 aliphatic carbocycles. The third kappa shape index (κ3) is 2.62. The molecule has 0 radical (unpaired) electrons. The summed E-state index contributed by atoms with van der Waals surface area (Å²) < 4.78 is 2.24. The van der Waals surface area contributed by atoms with Gasteiger partial charge >= 0.3 is 0 Å². The highest BCUT2D eigenvalue weighted by atomic mass is 35.5. The topological polar surface area (TPSA) is 6.25 Å². The molecule has 0 spiro atoms. The van der Waals surface area contributed by atoms with Gasteiger partial charge in [0, 0.05) is 17.8 Å². The lowest BCUT2D eigenvalue weighted by Gasteiger charge is -2.28. The van der Waals surface area contributed by atoms with Crippen LogP contribution >= 0.6 is 11.6 Å². The lowest BCUT2D eigenvalue weighted by molar-refractivity contribution is -0.434. The van der Waals surface area contributed by atoms with E-state index in [1.807, 2.05) is 24.3 Å². The molecule has 0 saturated carbocycles. The molecule has 3 aromatic rings. The van der Waals surface area contributed by atoms with E-state index in [9.17, 15) is 0 Å². The van der Waals surface area contributed by atoms with Crippen LogP contribution in [0, 0.1) is 0 Å². The summed E-state index contributed by atoms with van der Waals surface area (Å²) in [7, 11) is 0. The first-order valence-corrected chi connectivity index (χ1v) is 7.98. The average molecular weight is 320 g/mol. The second-order valence-corrected chi connectivity index (χ2v) is 5.92. The van der Waals surface area contributed by atoms with Gasteiger partial charge in [-0.15, -0.1) is 0 Å². The van der Waals surface area contributed by atoms with E-state index in [1.165, 1.54) is 5.69 Å². The number of anilines is 2. The Morgan fingerprint density at radius 1 is 0.783 bits per heavy atom. The van der Waals surface area contributed by atoms with Crippen molar-refractivity contribution in [1.82, 2.24) is 0 Å². The molecule has 0 atom stereocenters. The van der Waals surface area contributed by atoms with E-state index in [0.29, 0.717) is 0 Å². The van der Waals surface area contributed by atoms with Crippen LogP contribution in [0.25, 0.3) is 0 Å². The molecular formula is C20H16ClN2+. The minimum atomic E-state index is 0.727. The number of fused-ring (bicyclic) bond motifs is 1. The quantitative estimate of drug-likeness (QED) is 0.587. The Bertz CT molecular complexity index is 857. The van der Waals surface area contributed by atoms with E-state index in [2.05, 4.69) is 70.3 Å². The first-order chi connectivity index (χ1) is 11.3. The van der Waals surface area contributed by atoms with Gasteiger partial charge < -0.3 is 0 Å². The Labute approximate surface area is 140 Å². The van der Waals surface area contributed by atoms with Crippen molar-refractivity contribution in [1.29, 1.82) is 0 Å². The molecule has 0 N–H and O–H groups in total. The summed E-state index contributed by atoms with van der Waals surface area (Å²) in [5.41, 5.74) is 4.49. The zero-order valence-corrected chi connectivity index (χ0v) is 13.3. The fourth-order valence-corrected chi connectivity index (χ4v) is 3.23. The predicted octanol–water partition coefficient (Wildman–Crippen LogP) is 5.21.